The number of alkyl halides is 23. The normalized spacial score (nSPS) is 16.9. The molecule has 0 aromatic heterocycles. The van der Waals surface area contributed by atoms with E-state index in [1.807, 2.05) is 0 Å². The summed E-state index contributed by atoms with van der Waals surface area (Å²) in [5, 5.41) is -7.80. The molecule has 3 nitrogen and oxygen atoms in total. The Labute approximate surface area is 203 Å². The van der Waals surface area contributed by atoms with Gasteiger partial charge in [-0.25, -0.2) is 13.1 Å². The maximum absolute atomic E-state index is 13.6. The molecule has 0 aromatic rings. The number of sulfonamides is 1. The maximum atomic E-state index is 13.6. The van der Waals surface area contributed by atoms with E-state index < -0.39 is 81.3 Å². The number of nitrogens with one attached hydrogen (secondary N) is 1. The summed E-state index contributed by atoms with van der Waals surface area (Å²) in [6.45, 7) is -1.13. The molecule has 27 heteroatoms. The Morgan fingerprint density at radius 1 is 0.400 bits per heavy atom. The molecule has 0 fully saturated rings. The van der Waals surface area contributed by atoms with E-state index in [1.165, 1.54) is 0 Å². The zero-order chi connectivity index (χ0) is 33.4. The lowest BCUT2D eigenvalue weighted by Gasteiger charge is -2.45. The highest BCUT2D eigenvalue weighted by atomic mass is 32.2. The van der Waals surface area contributed by atoms with Crippen molar-refractivity contribution < 1.29 is 109 Å². The Morgan fingerprint density at radius 3 is 0.800 bits per heavy atom. The van der Waals surface area contributed by atoms with Crippen LogP contribution >= 0.6 is 0 Å². The van der Waals surface area contributed by atoms with E-state index >= 15 is 0 Å². The summed E-state index contributed by atoms with van der Waals surface area (Å²) in [5.74, 6) is -82.6. The van der Waals surface area contributed by atoms with Crippen LogP contribution in [0.5, 0.6) is 0 Å². The summed E-state index contributed by atoms with van der Waals surface area (Å²) in [5.41, 5.74) is 0. The van der Waals surface area contributed by atoms with Gasteiger partial charge >= 0.3 is 64.7 Å². The molecule has 242 valence electrons. The zero-order valence-corrected chi connectivity index (χ0v) is 18.4. The van der Waals surface area contributed by atoms with Gasteiger partial charge in [0.05, 0.1) is 0 Å². The van der Waals surface area contributed by atoms with Gasteiger partial charge in [0.25, 0.3) is 10.0 Å². The summed E-state index contributed by atoms with van der Waals surface area (Å²) in [6.07, 6.45) is -8.14. The van der Waals surface area contributed by atoms with Gasteiger partial charge in [-0.1, -0.05) is 6.92 Å². The van der Waals surface area contributed by atoms with Crippen LogP contribution in [0.3, 0.4) is 0 Å². The van der Waals surface area contributed by atoms with Crippen molar-refractivity contribution in [2.45, 2.75) is 71.7 Å². The fourth-order valence-corrected chi connectivity index (χ4v) is 3.22. The molecule has 0 aliphatic heterocycles. The molecule has 0 spiro atoms. The predicted molar refractivity (Wildman–Crippen MR) is 78.1 cm³/mol. The molecule has 40 heavy (non-hydrogen) atoms. The van der Waals surface area contributed by atoms with Gasteiger partial charge in [0.2, 0.25) is 0 Å². The van der Waals surface area contributed by atoms with Crippen molar-refractivity contribution in [1.82, 2.24) is 4.72 Å². The summed E-state index contributed by atoms with van der Waals surface area (Å²) < 4.78 is 326. The van der Waals surface area contributed by atoms with Crippen LogP contribution in [0.2, 0.25) is 0 Å². The minimum absolute atomic E-state index is 0.211. The average Bonchev–Trinajstić information content (AvgIpc) is 2.71. The second-order valence-electron chi connectivity index (χ2n) is 7.19. The van der Waals surface area contributed by atoms with Crippen LogP contribution < -0.4 is 4.72 Å². The molecule has 0 aromatic carbocycles. The van der Waals surface area contributed by atoms with Crippen molar-refractivity contribution in [3.63, 3.8) is 0 Å². The van der Waals surface area contributed by atoms with E-state index in [9.17, 15) is 109 Å². The average molecular weight is 677 g/mol. The van der Waals surface area contributed by atoms with E-state index in [2.05, 4.69) is 0 Å². The molecular formula is C13H6F23NO2S. The summed E-state index contributed by atoms with van der Waals surface area (Å²) in [7, 11) is -7.43. The largest absolute Gasteiger partial charge is 0.460 e. The lowest BCUT2D eigenvalue weighted by atomic mass is 9.86. The van der Waals surface area contributed by atoms with Crippen molar-refractivity contribution in [1.29, 1.82) is 0 Å². The van der Waals surface area contributed by atoms with Crippen molar-refractivity contribution >= 4 is 10.0 Å². The third kappa shape index (κ3) is 4.41. The molecule has 0 radical (unpaired) electrons. The van der Waals surface area contributed by atoms with Crippen molar-refractivity contribution in [3.8, 4) is 0 Å². The van der Waals surface area contributed by atoms with Gasteiger partial charge in [0.15, 0.2) is 0 Å². The number of hydrogen-bond acceptors (Lipinski definition) is 2. The van der Waals surface area contributed by atoms with E-state index in [-0.39, 0.29) is 4.72 Å². The van der Waals surface area contributed by atoms with Crippen LogP contribution in [0.15, 0.2) is 0 Å². The molecule has 1 N–H and O–H groups in total. The lowest BCUT2D eigenvalue weighted by Crippen LogP contribution is -2.78. The minimum atomic E-state index is -9.53. The first-order chi connectivity index (χ1) is 16.8. The fourth-order valence-electron chi connectivity index (χ4n) is 2.19. The number of halogens is 23. The van der Waals surface area contributed by atoms with Gasteiger partial charge in [0, 0.05) is 6.54 Å². The van der Waals surface area contributed by atoms with E-state index in [0.717, 1.165) is 0 Å². The number of hydrogen-bond donors (Lipinski definition) is 1. The van der Waals surface area contributed by atoms with E-state index in [0.29, 0.717) is 6.92 Å². The minimum Gasteiger partial charge on any atom is -0.210 e. The molecule has 0 atom stereocenters. The lowest BCUT2D eigenvalue weighted by molar-refractivity contribution is -0.476. The molecule has 0 saturated heterocycles. The first-order valence-electron chi connectivity index (χ1n) is 8.65. The molecular weight excluding hydrogens is 671 g/mol. The van der Waals surface area contributed by atoms with Gasteiger partial charge < -0.3 is 0 Å². The van der Waals surface area contributed by atoms with Gasteiger partial charge in [0.1, 0.15) is 0 Å². The van der Waals surface area contributed by atoms with Gasteiger partial charge in [-0.2, -0.15) is 101 Å². The molecule has 0 bridgehead atoms. The quantitative estimate of drug-likeness (QED) is 0.231. The second kappa shape index (κ2) is 9.40. The van der Waals surface area contributed by atoms with Crippen molar-refractivity contribution in [2.24, 2.45) is 0 Å². The highest BCUT2D eigenvalue weighted by Crippen LogP contribution is 2.67. The summed E-state index contributed by atoms with van der Waals surface area (Å²) >= 11 is 0. The molecule has 0 amide bonds. The highest BCUT2D eigenvalue weighted by molar-refractivity contribution is 7.90. The first-order valence-corrected chi connectivity index (χ1v) is 10.1. The summed E-state index contributed by atoms with van der Waals surface area (Å²) in [4.78, 5) is 0. The van der Waals surface area contributed by atoms with E-state index in [1.54, 1.807) is 0 Å². The topological polar surface area (TPSA) is 46.2 Å². The fraction of sp³-hybridized carbons (Fsp3) is 1.00. The Hall–Kier alpha value is -1.70. The summed E-state index contributed by atoms with van der Waals surface area (Å²) in [6, 6.07) is 0. The van der Waals surface area contributed by atoms with Gasteiger partial charge in [-0.15, -0.1) is 0 Å². The van der Waals surface area contributed by atoms with Crippen LogP contribution in [0.25, 0.3) is 0 Å². The van der Waals surface area contributed by atoms with E-state index in [4.69, 9.17) is 0 Å². The second-order valence-corrected chi connectivity index (χ2v) is 8.99. The Bertz CT molecular complexity index is 1040. The van der Waals surface area contributed by atoms with Crippen LogP contribution in [0.4, 0.5) is 101 Å². The molecule has 0 saturated carbocycles. The monoisotopic (exact) mass is 677 g/mol. The Balaban J connectivity index is 7.35. The first kappa shape index (κ1) is 38.3. The van der Waals surface area contributed by atoms with Gasteiger partial charge in [-0.05, 0) is 0 Å². The van der Waals surface area contributed by atoms with Crippen LogP contribution in [-0.4, -0.2) is 79.7 Å². The number of rotatable bonds is 12. The SMILES string of the molecule is CCNS(=O)(=O)C(F)(F)C(F)(F)C(F)(F)C(F)(F)C(F)(F)C(F)(F)C(F)(F)C(F)(F)C(F)(F)C(F)(F)C(F)(F)F. The van der Waals surface area contributed by atoms with Crippen LogP contribution in [-0.2, 0) is 10.0 Å². The van der Waals surface area contributed by atoms with Crippen LogP contribution in [0.1, 0.15) is 6.92 Å². The zero-order valence-electron chi connectivity index (χ0n) is 17.6. The third-order valence-corrected chi connectivity index (χ3v) is 6.15. The molecule has 0 aliphatic rings. The maximum Gasteiger partial charge on any atom is 0.460 e. The third-order valence-electron chi connectivity index (χ3n) is 4.55. The molecule has 0 heterocycles. The predicted octanol–water partition coefficient (Wildman–Crippen LogP) is 6.80. The molecule has 0 rings (SSSR count). The standard InChI is InChI=1S/C13H6F23NO2S/c1-2-37-40(38,39)13(35,36)11(30,31)9(26,27)7(22,23)5(18,19)3(14,15)4(16,17)6(20,21)8(24,25)10(28,29)12(32,33)34/h37H,2H2,1H3. The van der Waals surface area contributed by atoms with Crippen molar-refractivity contribution in [3.05, 3.63) is 0 Å². The molecule has 0 aliphatic carbocycles. The Kier molecular flexibility index (Phi) is 9.00. The smallest absolute Gasteiger partial charge is 0.210 e. The Morgan fingerprint density at radius 2 is 0.600 bits per heavy atom. The molecule has 0 unspecified atom stereocenters. The van der Waals surface area contributed by atoms with Gasteiger partial charge in [-0.3, -0.25) is 0 Å². The highest BCUT2D eigenvalue weighted by Gasteiger charge is 2.99. The van der Waals surface area contributed by atoms with Crippen molar-refractivity contribution in [2.75, 3.05) is 6.54 Å². The van der Waals surface area contributed by atoms with Crippen LogP contribution in [0, 0.1) is 0 Å².